The fourth-order valence-corrected chi connectivity index (χ4v) is 1.84. The minimum atomic E-state index is -0.290. The van der Waals surface area contributed by atoms with Crippen LogP contribution in [0.1, 0.15) is 49.4 Å². The summed E-state index contributed by atoms with van der Waals surface area (Å²) in [5, 5.41) is 0. The second-order valence-electron chi connectivity index (χ2n) is 4.58. The van der Waals surface area contributed by atoms with Crippen LogP contribution in [-0.4, -0.2) is 19.2 Å². The molecule has 0 saturated carbocycles. The third kappa shape index (κ3) is 6.41. The summed E-state index contributed by atoms with van der Waals surface area (Å²) in [4.78, 5) is 11.5. The molecule has 0 aliphatic heterocycles. The molecule has 0 spiro atoms. The topological polar surface area (TPSA) is 35.5 Å². The summed E-state index contributed by atoms with van der Waals surface area (Å²) in [6.07, 6.45) is 7.71. The molecule has 0 aliphatic rings. The molecule has 0 saturated heterocycles. The SMILES string of the molecule is C=CCCCCCCOc1ccc(C(=O)OCC)cc1. The number of carbonyl (C=O) groups excluding carboxylic acids is 1. The van der Waals surface area contributed by atoms with E-state index in [0.29, 0.717) is 18.8 Å². The Bertz CT molecular complexity index is 395. The van der Waals surface area contributed by atoms with Crippen molar-refractivity contribution in [2.45, 2.75) is 39.0 Å². The number of hydrogen-bond donors (Lipinski definition) is 0. The maximum Gasteiger partial charge on any atom is 0.338 e. The molecule has 0 aromatic heterocycles. The Labute approximate surface area is 121 Å². The lowest BCUT2D eigenvalue weighted by Crippen LogP contribution is -2.04. The average molecular weight is 276 g/mol. The zero-order valence-corrected chi connectivity index (χ0v) is 12.3. The normalized spacial score (nSPS) is 10.1. The van der Waals surface area contributed by atoms with Crippen LogP contribution in [0.3, 0.4) is 0 Å². The van der Waals surface area contributed by atoms with E-state index in [1.165, 1.54) is 19.3 Å². The molecule has 20 heavy (non-hydrogen) atoms. The van der Waals surface area contributed by atoms with Crippen LogP contribution >= 0.6 is 0 Å². The van der Waals surface area contributed by atoms with Gasteiger partial charge in [0.1, 0.15) is 5.75 Å². The second kappa shape index (κ2) is 10.1. The molecule has 0 atom stereocenters. The molecule has 0 fully saturated rings. The molecule has 3 heteroatoms. The number of ether oxygens (including phenoxy) is 2. The molecular weight excluding hydrogens is 252 g/mol. The first-order valence-corrected chi connectivity index (χ1v) is 7.28. The van der Waals surface area contributed by atoms with Crippen LogP contribution < -0.4 is 4.74 Å². The summed E-state index contributed by atoms with van der Waals surface area (Å²) in [7, 11) is 0. The number of hydrogen-bond acceptors (Lipinski definition) is 3. The van der Waals surface area contributed by atoms with Crippen molar-refractivity contribution < 1.29 is 14.3 Å². The van der Waals surface area contributed by atoms with Gasteiger partial charge in [0.05, 0.1) is 18.8 Å². The highest BCUT2D eigenvalue weighted by molar-refractivity contribution is 5.89. The van der Waals surface area contributed by atoms with E-state index in [2.05, 4.69) is 6.58 Å². The molecule has 3 nitrogen and oxygen atoms in total. The minimum absolute atomic E-state index is 0.290. The number of esters is 1. The standard InChI is InChI=1S/C17H24O3/c1-3-5-6-7-8-9-14-20-16-12-10-15(11-13-16)17(18)19-4-2/h3,10-13H,1,4-9,14H2,2H3. The Balaban J connectivity index is 2.21. The maximum absolute atomic E-state index is 11.5. The second-order valence-corrected chi connectivity index (χ2v) is 4.58. The highest BCUT2D eigenvalue weighted by Crippen LogP contribution is 2.14. The zero-order chi connectivity index (χ0) is 14.6. The molecule has 1 rings (SSSR count). The minimum Gasteiger partial charge on any atom is -0.494 e. The third-order valence-corrected chi connectivity index (χ3v) is 2.94. The molecule has 0 heterocycles. The van der Waals surface area contributed by atoms with Gasteiger partial charge >= 0.3 is 5.97 Å². The number of allylic oxidation sites excluding steroid dienone is 1. The summed E-state index contributed by atoms with van der Waals surface area (Å²) in [5.41, 5.74) is 0.559. The van der Waals surface area contributed by atoms with Crippen molar-refractivity contribution in [3.8, 4) is 5.75 Å². The van der Waals surface area contributed by atoms with E-state index in [4.69, 9.17) is 9.47 Å². The number of unbranched alkanes of at least 4 members (excludes halogenated alkanes) is 4. The molecule has 0 radical (unpaired) electrons. The molecule has 1 aromatic rings. The number of benzene rings is 1. The van der Waals surface area contributed by atoms with Crippen molar-refractivity contribution in [2.24, 2.45) is 0 Å². The number of rotatable bonds is 10. The van der Waals surface area contributed by atoms with Gasteiger partial charge in [-0.3, -0.25) is 0 Å². The first-order valence-electron chi connectivity index (χ1n) is 7.28. The molecule has 0 N–H and O–H groups in total. The van der Waals surface area contributed by atoms with Crippen LogP contribution in [0.25, 0.3) is 0 Å². The van der Waals surface area contributed by atoms with Gasteiger partial charge in [-0.25, -0.2) is 4.79 Å². The monoisotopic (exact) mass is 276 g/mol. The van der Waals surface area contributed by atoms with Crippen LogP contribution in [-0.2, 0) is 4.74 Å². The van der Waals surface area contributed by atoms with E-state index in [0.717, 1.165) is 18.6 Å². The first-order chi connectivity index (χ1) is 9.77. The predicted octanol–water partition coefficient (Wildman–Crippen LogP) is 4.38. The van der Waals surface area contributed by atoms with E-state index in [1.54, 1.807) is 19.1 Å². The average Bonchev–Trinajstić information content (AvgIpc) is 2.47. The van der Waals surface area contributed by atoms with Crippen LogP contribution in [0, 0.1) is 0 Å². The lowest BCUT2D eigenvalue weighted by Gasteiger charge is -2.07. The van der Waals surface area contributed by atoms with Gasteiger partial charge in [0, 0.05) is 0 Å². The van der Waals surface area contributed by atoms with Gasteiger partial charge in [-0.15, -0.1) is 6.58 Å². The van der Waals surface area contributed by atoms with Gasteiger partial charge in [-0.05, 0) is 50.5 Å². The van der Waals surface area contributed by atoms with Crippen LogP contribution in [0.15, 0.2) is 36.9 Å². The van der Waals surface area contributed by atoms with Crippen molar-refractivity contribution >= 4 is 5.97 Å². The molecular formula is C17H24O3. The lowest BCUT2D eigenvalue weighted by atomic mass is 10.1. The van der Waals surface area contributed by atoms with Gasteiger partial charge < -0.3 is 9.47 Å². The van der Waals surface area contributed by atoms with Gasteiger partial charge in [0.25, 0.3) is 0 Å². The predicted molar refractivity (Wildman–Crippen MR) is 81.2 cm³/mol. The van der Waals surface area contributed by atoms with E-state index in [1.807, 2.05) is 18.2 Å². The van der Waals surface area contributed by atoms with Crippen LogP contribution in [0.2, 0.25) is 0 Å². The fraction of sp³-hybridized carbons (Fsp3) is 0.471. The Hall–Kier alpha value is -1.77. The maximum atomic E-state index is 11.5. The Morgan fingerprint density at radius 2 is 1.85 bits per heavy atom. The van der Waals surface area contributed by atoms with E-state index >= 15 is 0 Å². The van der Waals surface area contributed by atoms with Crippen molar-refractivity contribution in [3.05, 3.63) is 42.5 Å². The Morgan fingerprint density at radius 1 is 1.15 bits per heavy atom. The summed E-state index contributed by atoms with van der Waals surface area (Å²) in [6.45, 7) is 6.61. The Kier molecular flexibility index (Phi) is 8.20. The van der Waals surface area contributed by atoms with Gasteiger partial charge in [-0.1, -0.05) is 18.9 Å². The molecule has 1 aromatic carbocycles. The van der Waals surface area contributed by atoms with E-state index < -0.39 is 0 Å². The highest BCUT2D eigenvalue weighted by atomic mass is 16.5. The summed E-state index contributed by atoms with van der Waals surface area (Å²) < 4.78 is 10.6. The smallest absolute Gasteiger partial charge is 0.338 e. The van der Waals surface area contributed by atoms with Crippen molar-refractivity contribution in [3.63, 3.8) is 0 Å². The first kappa shape index (κ1) is 16.3. The molecule has 0 amide bonds. The van der Waals surface area contributed by atoms with Gasteiger partial charge in [0.2, 0.25) is 0 Å². The quantitative estimate of drug-likeness (QED) is 0.361. The molecule has 0 aliphatic carbocycles. The highest BCUT2D eigenvalue weighted by Gasteiger charge is 2.05. The van der Waals surface area contributed by atoms with Crippen molar-refractivity contribution in [2.75, 3.05) is 13.2 Å². The van der Waals surface area contributed by atoms with Gasteiger partial charge in [0.15, 0.2) is 0 Å². The fourth-order valence-electron chi connectivity index (χ4n) is 1.84. The largest absolute Gasteiger partial charge is 0.494 e. The van der Waals surface area contributed by atoms with E-state index in [9.17, 15) is 4.79 Å². The summed E-state index contributed by atoms with van der Waals surface area (Å²) in [6, 6.07) is 7.09. The Morgan fingerprint density at radius 3 is 2.50 bits per heavy atom. The molecule has 110 valence electrons. The van der Waals surface area contributed by atoms with Crippen LogP contribution in [0.4, 0.5) is 0 Å². The van der Waals surface area contributed by atoms with Gasteiger partial charge in [-0.2, -0.15) is 0 Å². The van der Waals surface area contributed by atoms with Crippen molar-refractivity contribution in [1.82, 2.24) is 0 Å². The lowest BCUT2D eigenvalue weighted by molar-refractivity contribution is 0.0526. The summed E-state index contributed by atoms with van der Waals surface area (Å²) in [5.74, 6) is 0.505. The van der Waals surface area contributed by atoms with E-state index in [-0.39, 0.29) is 5.97 Å². The van der Waals surface area contributed by atoms with Crippen LogP contribution in [0.5, 0.6) is 5.75 Å². The third-order valence-electron chi connectivity index (χ3n) is 2.94. The molecule has 0 bridgehead atoms. The van der Waals surface area contributed by atoms with Crippen molar-refractivity contribution in [1.29, 1.82) is 0 Å². The summed E-state index contributed by atoms with van der Waals surface area (Å²) >= 11 is 0. The number of carbonyl (C=O) groups is 1. The molecule has 0 unspecified atom stereocenters. The zero-order valence-electron chi connectivity index (χ0n) is 12.3.